The number of amidine groups is 2. The van der Waals surface area contributed by atoms with E-state index in [4.69, 9.17) is 22.6 Å². The number of ether oxygens (including phenoxy) is 2. The maximum atomic E-state index is 9.22. The van der Waals surface area contributed by atoms with E-state index in [1.807, 2.05) is 26.0 Å². The predicted octanol–water partition coefficient (Wildman–Crippen LogP) is 9.93. The van der Waals surface area contributed by atoms with Gasteiger partial charge in [0.25, 0.3) is 0 Å². The average molecular weight is 681 g/mol. The van der Waals surface area contributed by atoms with Crippen LogP contribution >= 0.6 is 45.3 Å². The molecule has 0 aromatic carbocycles. The molecule has 0 N–H and O–H groups in total. The number of nitrogens with zero attached hydrogens (tertiary/aromatic N) is 8. The number of aryl methyl sites for hydroxylation is 2. The summed E-state index contributed by atoms with van der Waals surface area (Å²) < 4.78 is 21.2. The van der Waals surface area contributed by atoms with Crippen molar-refractivity contribution < 1.29 is 9.47 Å². The van der Waals surface area contributed by atoms with Crippen molar-refractivity contribution in [3.8, 4) is 44.8 Å². The average Bonchev–Trinajstić information content (AvgIpc) is 3.89. The van der Waals surface area contributed by atoms with Crippen molar-refractivity contribution >= 4 is 96.9 Å². The standard InChI is InChI=1S/C32H24N8O2S4/c1-7-9-41-19-13-25(37-23(15-33)35-3)45-29(19)17-11-21-27(39(17)5)31-32(43-21)28-22(44-31)12-18(40(28)6)30-20(42-10-8-2)14-26(46-30)38-24(16-34)36-4/h11-14H,7-10H2,1-2,5-6H3. The summed E-state index contributed by atoms with van der Waals surface area (Å²) in [6.45, 7) is 19.6. The Morgan fingerprint density at radius 1 is 0.739 bits per heavy atom. The maximum absolute atomic E-state index is 9.22. The lowest BCUT2D eigenvalue weighted by molar-refractivity contribution is 0.319. The van der Waals surface area contributed by atoms with Crippen LogP contribution in [0.15, 0.2) is 34.3 Å². The third kappa shape index (κ3) is 5.32. The molecule has 0 unspecified atom stereocenters. The van der Waals surface area contributed by atoms with Gasteiger partial charge in [0.2, 0.25) is 10.0 Å². The predicted molar refractivity (Wildman–Crippen MR) is 189 cm³/mol. The fraction of sp³-hybridized carbons (Fsp3) is 0.250. The molecule has 0 atom stereocenters. The number of fused-ring (bicyclic) bond motifs is 5. The summed E-state index contributed by atoms with van der Waals surface area (Å²) in [4.78, 5) is 16.7. The van der Waals surface area contributed by atoms with Gasteiger partial charge >= 0.3 is 11.7 Å². The SMILES string of the molecule is [C-]#[N+]C(C#N)=Nc1cc(OCCC)c(-c2cc3sc4c(sc5cc(-c6sc(N=C(C#N)[N+]#[C-])cc6OCCC)n(C)c54)c3n2C)s1. The molecule has 46 heavy (non-hydrogen) atoms. The molecule has 0 aliphatic heterocycles. The second kappa shape index (κ2) is 12.8. The number of aromatic nitrogens is 2. The number of hydrogen-bond donors (Lipinski definition) is 0. The first-order chi connectivity index (χ1) is 22.3. The molecule has 0 aliphatic carbocycles. The second-order valence-electron chi connectivity index (χ2n) is 10.0. The van der Waals surface area contributed by atoms with Gasteiger partial charge in [-0.05, 0) is 25.0 Å². The fourth-order valence-electron chi connectivity index (χ4n) is 5.08. The Labute approximate surface area is 280 Å². The summed E-state index contributed by atoms with van der Waals surface area (Å²) in [7, 11) is 4.10. The Morgan fingerprint density at radius 2 is 1.15 bits per heavy atom. The molecule has 228 valence electrons. The van der Waals surface area contributed by atoms with Crippen LogP contribution in [-0.4, -0.2) is 34.0 Å². The van der Waals surface area contributed by atoms with E-state index in [1.165, 1.54) is 32.1 Å². The summed E-state index contributed by atoms with van der Waals surface area (Å²) in [6.07, 6.45) is 1.69. The fourth-order valence-corrected chi connectivity index (χ4v) is 10.0. The lowest BCUT2D eigenvalue weighted by Crippen LogP contribution is -1.96. The zero-order valence-electron chi connectivity index (χ0n) is 25.2. The van der Waals surface area contributed by atoms with Gasteiger partial charge in [-0.15, -0.1) is 22.7 Å². The smallest absolute Gasteiger partial charge is 0.350 e. The molecular formula is C32H24N8O2S4. The van der Waals surface area contributed by atoms with Gasteiger partial charge < -0.3 is 28.3 Å². The van der Waals surface area contributed by atoms with E-state index in [1.54, 1.807) is 34.8 Å². The minimum absolute atomic E-state index is 0.208. The van der Waals surface area contributed by atoms with Crippen LogP contribution in [0.25, 0.3) is 60.7 Å². The lowest BCUT2D eigenvalue weighted by Gasteiger charge is -2.07. The summed E-state index contributed by atoms with van der Waals surface area (Å²) in [5, 5.41) is 19.6. The van der Waals surface area contributed by atoms with Crippen LogP contribution in [0.2, 0.25) is 0 Å². The van der Waals surface area contributed by atoms with Crippen molar-refractivity contribution in [1.29, 1.82) is 10.5 Å². The van der Waals surface area contributed by atoms with E-state index in [2.05, 4.69) is 55.0 Å². The summed E-state index contributed by atoms with van der Waals surface area (Å²) in [5.41, 5.74) is 4.25. The summed E-state index contributed by atoms with van der Waals surface area (Å²) in [6, 6.07) is 11.6. The van der Waals surface area contributed by atoms with Crippen molar-refractivity contribution in [3.05, 3.63) is 47.1 Å². The Balaban J connectivity index is 1.46. The zero-order chi connectivity index (χ0) is 32.5. The van der Waals surface area contributed by atoms with Crippen LogP contribution in [0, 0.1) is 35.8 Å². The van der Waals surface area contributed by atoms with Crippen LogP contribution in [0.4, 0.5) is 10.0 Å². The molecular weight excluding hydrogens is 657 g/mol. The Kier molecular flexibility index (Phi) is 8.64. The van der Waals surface area contributed by atoms with E-state index < -0.39 is 0 Å². The van der Waals surface area contributed by atoms with Crippen LogP contribution in [0.1, 0.15) is 26.7 Å². The maximum Gasteiger partial charge on any atom is 0.350 e. The molecule has 6 aromatic heterocycles. The molecule has 0 saturated heterocycles. The van der Waals surface area contributed by atoms with Gasteiger partial charge in [-0.25, -0.2) is 10.5 Å². The third-order valence-electron chi connectivity index (χ3n) is 7.06. The van der Waals surface area contributed by atoms with Gasteiger partial charge in [-0.3, -0.25) is 0 Å². The van der Waals surface area contributed by atoms with E-state index in [0.717, 1.165) is 54.4 Å². The molecule has 0 bridgehead atoms. The van der Waals surface area contributed by atoms with E-state index in [9.17, 15) is 10.5 Å². The molecule has 6 aromatic rings. The largest absolute Gasteiger partial charge is 0.492 e. The summed E-state index contributed by atoms with van der Waals surface area (Å²) in [5.74, 6) is 0.967. The van der Waals surface area contributed by atoms with E-state index in [-0.39, 0.29) is 11.7 Å². The van der Waals surface area contributed by atoms with Crippen LogP contribution in [-0.2, 0) is 14.1 Å². The molecule has 0 fully saturated rings. The molecule has 0 aliphatic rings. The van der Waals surface area contributed by atoms with Crippen LogP contribution in [0.5, 0.6) is 11.5 Å². The van der Waals surface area contributed by atoms with Gasteiger partial charge in [-0.1, -0.05) is 59.7 Å². The number of hydrogen-bond acceptors (Lipinski definition) is 10. The minimum Gasteiger partial charge on any atom is -0.492 e. The highest BCUT2D eigenvalue weighted by Crippen LogP contribution is 2.52. The van der Waals surface area contributed by atoms with E-state index in [0.29, 0.717) is 34.7 Å². The van der Waals surface area contributed by atoms with Crippen molar-refractivity contribution in [2.24, 2.45) is 24.1 Å². The molecule has 0 amide bonds. The molecule has 6 rings (SSSR count). The molecule has 6 heterocycles. The highest BCUT2D eigenvalue weighted by atomic mass is 32.1. The third-order valence-corrected chi connectivity index (χ3v) is 11.5. The van der Waals surface area contributed by atoms with Gasteiger partial charge in [0.1, 0.15) is 23.6 Å². The van der Waals surface area contributed by atoms with Crippen molar-refractivity contribution in [1.82, 2.24) is 9.13 Å². The first-order valence-electron chi connectivity index (χ1n) is 14.1. The van der Waals surface area contributed by atoms with Gasteiger partial charge in [0.15, 0.2) is 0 Å². The van der Waals surface area contributed by atoms with Gasteiger partial charge in [0.05, 0.1) is 64.2 Å². The van der Waals surface area contributed by atoms with Crippen LogP contribution < -0.4 is 9.47 Å². The molecule has 14 heteroatoms. The molecule has 0 radical (unpaired) electrons. The number of nitriles is 2. The number of rotatable bonds is 10. The second-order valence-corrected chi connectivity index (χ2v) is 14.2. The number of thiophene rings is 4. The molecule has 0 spiro atoms. The van der Waals surface area contributed by atoms with Crippen molar-refractivity contribution in [2.45, 2.75) is 26.7 Å². The Hall–Kier alpha value is -4.96. The topological polar surface area (TPSA) is 109 Å². The number of aliphatic imine (C=N–C) groups is 2. The highest BCUT2D eigenvalue weighted by molar-refractivity contribution is 7.36. The quantitative estimate of drug-likeness (QED) is 0.0815. The normalized spacial score (nSPS) is 12.0. The van der Waals surface area contributed by atoms with Crippen molar-refractivity contribution in [2.75, 3.05) is 13.2 Å². The molecule has 10 nitrogen and oxygen atoms in total. The highest BCUT2D eigenvalue weighted by Gasteiger charge is 2.26. The first-order valence-corrected chi connectivity index (χ1v) is 17.4. The monoisotopic (exact) mass is 680 g/mol. The van der Waals surface area contributed by atoms with Crippen molar-refractivity contribution in [3.63, 3.8) is 0 Å². The van der Waals surface area contributed by atoms with E-state index >= 15 is 0 Å². The van der Waals surface area contributed by atoms with Gasteiger partial charge in [-0.2, -0.15) is 0 Å². The summed E-state index contributed by atoms with van der Waals surface area (Å²) >= 11 is 6.29. The molecule has 0 saturated carbocycles. The first kappa shape index (κ1) is 31.0. The minimum atomic E-state index is -0.208. The van der Waals surface area contributed by atoms with Gasteiger partial charge in [0, 0.05) is 26.2 Å². The zero-order valence-corrected chi connectivity index (χ0v) is 28.4. The lowest BCUT2D eigenvalue weighted by atomic mass is 10.3. The Morgan fingerprint density at radius 3 is 1.50 bits per heavy atom. The Bertz CT molecular complexity index is 2180. The van der Waals surface area contributed by atoms with Crippen LogP contribution in [0.3, 0.4) is 0 Å².